The van der Waals surface area contributed by atoms with Crippen LogP contribution >= 0.6 is 0 Å². The van der Waals surface area contributed by atoms with Crippen LogP contribution in [0.25, 0.3) is 0 Å². The number of carbonyl (C=O) groups is 3. The van der Waals surface area contributed by atoms with Crippen molar-refractivity contribution in [3.8, 4) is 5.75 Å². The summed E-state index contributed by atoms with van der Waals surface area (Å²) in [7, 11) is 1.54. The maximum Gasteiger partial charge on any atom is 0.235 e. The van der Waals surface area contributed by atoms with E-state index in [0.29, 0.717) is 22.7 Å². The van der Waals surface area contributed by atoms with E-state index >= 15 is 0 Å². The SMILES string of the molecule is COc1ccc([C@@H]2[C@H](C(=O)Nc3ccccc3)C(=O)C[C@](C)(O)[C@@H]2C(=O)Nc2ccccc2)cc1. The second-order valence-corrected chi connectivity index (χ2v) is 8.97. The summed E-state index contributed by atoms with van der Waals surface area (Å²) in [6, 6.07) is 24.6. The largest absolute Gasteiger partial charge is 0.497 e. The number of ether oxygens (including phenoxy) is 1. The number of para-hydroxylation sites is 2. The molecule has 1 aliphatic rings. The number of hydrogen-bond donors (Lipinski definition) is 3. The van der Waals surface area contributed by atoms with Gasteiger partial charge in [0.25, 0.3) is 0 Å². The van der Waals surface area contributed by atoms with E-state index in [9.17, 15) is 19.5 Å². The maximum absolute atomic E-state index is 13.6. The number of methoxy groups -OCH3 is 1. The molecule has 35 heavy (non-hydrogen) atoms. The molecule has 0 aliphatic heterocycles. The minimum Gasteiger partial charge on any atom is -0.497 e. The van der Waals surface area contributed by atoms with Crippen LogP contribution in [0, 0.1) is 11.8 Å². The lowest BCUT2D eigenvalue weighted by molar-refractivity contribution is -0.150. The summed E-state index contributed by atoms with van der Waals surface area (Å²) in [5, 5.41) is 17.0. The van der Waals surface area contributed by atoms with Gasteiger partial charge in [0.1, 0.15) is 17.5 Å². The zero-order chi connectivity index (χ0) is 25.0. The zero-order valence-electron chi connectivity index (χ0n) is 19.6. The molecule has 0 radical (unpaired) electrons. The molecule has 4 atom stereocenters. The van der Waals surface area contributed by atoms with E-state index in [1.165, 1.54) is 14.0 Å². The first-order valence-corrected chi connectivity index (χ1v) is 11.4. The lowest BCUT2D eigenvalue weighted by Crippen LogP contribution is -2.56. The minimum absolute atomic E-state index is 0.320. The van der Waals surface area contributed by atoms with E-state index in [0.717, 1.165) is 0 Å². The third-order valence-corrected chi connectivity index (χ3v) is 6.42. The van der Waals surface area contributed by atoms with E-state index in [4.69, 9.17) is 4.74 Å². The van der Waals surface area contributed by atoms with Gasteiger partial charge in [0.05, 0.1) is 18.6 Å². The van der Waals surface area contributed by atoms with E-state index < -0.39 is 41.0 Å². The molecule has 0 unspecified atom stereocenters. The lowest BCUT2D eigenvalue weighted by atomic mass is 9.61. The Balaban J connectivity index is 1.76. The average molecular weight is 473 g/mol. The second-order valence-electron chi connectivity index (χ2n) is 8.97. The van der Waals surface area contributed by atoms with Crippen molar-refractivity contribution < 1.29 is 24.2 Å². The van der Waals surface area contributed by atoms with Gasteiger partial charge in [-0.2, -0.15) is 0 Å². The number of Topliss-reactive ketones (excluding diaryl/α,β-unsaturated/α-hetero) is 1. The Kier molecular flexibility index (Phi) is 6.98. The molecule has 0 aromatic heterocycles. The van der Waals surface area contributed by atoms with Crippen molar-refractivity contribution in [2.24, 2.45) is 11.8 Å². The van der Waals surface area contributed by atoms with Gasteiger partial charge in [0.2, 0.25) is 11.8 Å². The highest BCUT2D eigenvalue weighted by Gasteiger charge is 2.55. The second kappa shape index (κ2) is 10.1. The van der Waals surface area contributed by atoms with Gasteiger partial charge in [-0.1, -0.05) is 48.5 Å². The molecular formula is C28H28N2O5. The van der Waals surface area contributed by atoms with Crippen LogP contribution in [0.2, 0.25) is 0 Å². The van der Waals surface area contributed by atoms with Crippen molar-refractivity contribution in [2.45, 2.75) is 24.9 Å². The predicted octanol–water partition coefficient (Wildman–Crippen LogP) is 4.01. The normalized spacial score (nSPS) is 23.9. The Morgan fingerprint density at radius 2 is 1.37 bits per heavy atom. The molecule has 3 aromatic rings. The average Bonchev–Trinajstić information content (AvgIpc) is 2.84. The molecule has 1 fully saturated rings. The maximum atomic E-state index is 13.6. The van der Waals surface area contributed by atoms with E-state index in [1.807, 2.05) is 12.1 Å². The molecular weight excluding hydrogens is 444 g/mol. The highest BCUT2D eigenvalue weighted by atomic mass is 16.5. The van der Waals surface area contributed by atoms with Crippen molar-refractivity contribution in [1.29, 1.82) is 0 Å². The van der Waals surface area contributed by atoms with Crippen LogP contribution < -0.4 is 15.4 Å². The number of benzene rings is 3. The van der Waals surface area contributed by atoms with Crippen LogP contribution in [0.1, 0.15) is 24.8 Å². The minimum atomic E-state index is -1.66. The number of aliphatic hydroxyl groups is 1. The van der Waals surface area contributed by atoms with Gasteiger partial charge in [-0.05, 0) is 48.9 Å². The number of rotatable bonds is 6. The van der Waals surface area contributed by atoms with Crippen molar-refractivity contribution in [2.75, 3.05) is 17.7 Å². The molecule has 7 heteroatoms. The van der Waals surface area contributed by atoms with Crippen LogP contribution in [-0.4, -0.2) is 35.4 Å². The fourth-order valence-corrected chi connectivity index (χ4v) is 4.80. The van der Waals surface area contributed by atoms with Crippen molar-refractivity contribution >= 4 is 29.0 Å². The van der Waals surface area contributed by atoms with Gasteiger partial charge in [0, 0.05) is 23.7 Å². The Labute approximate surface area is 204 Å². The van der Waals surface area contributed by atoms with E-state index in [1.54, 1.807) is 72.8 Å². The summed E-state index contributed by atoms with van der Waals surface area (Å²) in [6.45, 7) is 1.47. The quantitative estimate of drug-likeness (QED) is 0.470. The molecule has 0 saturated heterocycles. The Hall–Kier alpha value is -3.97. The Bertz CT molecular complexity index is 1190. The van der Waals surface area contributed by atoms with E-state index in [2.05, 4.69) is 10.6 Å². The first kappa shape index (κ1) is 24.2. The summed E-state index contributed by atoms with van der Waals surface area (Å²) < 4.78 is 5.25. The first-order chi connectivity index (χ1) is 16.8. The lowest BCUT2D eigenvalue weighted by Gasteiger charge is -2.44. The molecule has 1 aliphatic carbocycles. The molecule has 0 heterocycles. The number of hydrogen-bond acceptors (Lipinski definition) is 5. The van der Waals surface area contributed by atoms with Crippen LogP contribution in [-0.2, 0) is 14.4 Å². The van der Waals surface area contributed by atoms with Crippen LogP contribution in [0.4, 0.5) is 11.4 Å². The van der Waals surface area contributed by atoms with Gasteiger partial charge in [0.15, 0.2) is 0 Å². The standard InChI is InChI=1S/C28H28N2O5/c1-28(34)17-22(31)24(26(32)29-19-9-5-3-6-10-19)23(18-13-15-21(35-2)16-14-18)25(28)27(33)30-20-11-7-4-8-12-20/h3-16,23-25,34H,17H2,1-2H3,(H,29,32)(H,30,33)/t23-,24-,25+,28+/m1/s1. The molecule has 3 N–H and O–H groups in total. The molecule has 2 amide bonds. The highest BCUT2D eigenvalue weighted by Crippen LogP contribution is 2.46. The Morgan fingerprint density at radius 3 is 1.89 bits per heavy atom. The summed E-state index contributed by atoms with van der Waals surface area (Å²) in [6.07, 6.45) is -0.320. The Morgan fingerprint density at radius 1 is 0.857 bits per heavy atom. The molecule has 180 valence electrons. The van der Waals surface area contributed by atoms with Crippen molar-refractivity contribution in [3.63, 3.8) is 0 Å². The van der Waals surface area contributed by atoms with Gasteiger partial charge in [-0.15, -0.1) is 0 Å². The van der Waals surface area contributed by atoms with E-state index in [-0.39, 0.29) is 6.42 Å². The number of amides is 2. The number of ketones is 1. The smallest absolute Gasteiger partial charge is 0.235 e. The zero-order valence-corrected chi connectivity index (χ0v) is 19.6. The summed E-state index contributed by atoms with van der Waals surface area (Å²) in [5.74, 6) is -3.95. The molecule has 4 rings (SSSR count). The summed E-state index contributed by atoms with van der Waals surface area (Å²) in [5.41, 5.74) is 0.0234. The number of anilines is 2. The van der Waals surface area contributed by atoms with Crippen molar-refractivity contribution in [1.82, 2.24) is 0 Å². The molecule has 0 spiro atoms. The number of carbonyl (C=O) groups excluding carboxylic acids is 3. The topological polar surface area (TPSA) is 105 Å². The van der Waals surface area contributed by atoms with Gasteiger partial charge in [-0.3, -0.25) is 14.4 Å². The van der Waals surface area contributed by atoms with Gasteiger partial charge < -0.3 is 20.5 Å². The summed E-state index contributed by atoms with van der Waals surface area (Å²) in [4.78, 5) is 40.3. The fraction of sp³-hybridized carbons (Fsp3) is 0.250. The molecule has 1 saturated carbocycles. The number of nitrogens with one attached hydrogen (secondary N) is 2. The predicted molar refractivity (Wildman–Crippen MR) is 133 cm³/mol. The third-order valence-electron chi connectivity index (χ3n) is 6.42. The van der Waals surface area contributed by atoms with Crippen molar-refractivity contribution in [3.05, 3.63) is 90.5 Å². The summed E-state index contributed by atoms with van der Waals surface area (Å²) >= 11 is 0. The monoisotopic (exact) mass is 472 g/mol. The molecule has 7 nitrogen and oxygen atoms in total. The van der Waals surface area contributed by atoms with Gasteiger partial charge >= 0.3 is 0 Å². The van der Waals surface area contributed by atoms with Crippen LogP contribution in [0.15, 0.2) is 84.9 Å². The van der Waals surface area contributed by atoms with Gasteiger partial charge in [-0.25, -0.2) is 0 Å². The van der Waals surface area contributed by atoms with Crippen LogP contribution in [0.5, 0.6) is 5.75 Å². The van der Waals surface area contributed by atoms with Crippen LogP contribution in [0.3, 0.4) is 0 Å². The fourth-order valence-electron chi connectivity index (χ4n) is 4.80. The molecule has 0 bridgehead atoms. The molecule has 3 aromatic carbocycles. The first-order valence-electron chi connectivity index (χ1n) is 11.4. The highest BCUT2D eigenvalue weighted by molar-refractivity contribution is 6.10. The third kappa shape index (κ3) is 5.25.